The maximum absolute atomic E-state index is 13.6. The lowest BCUT2D eigenvalue weighted by Gasteiger charge is -2.33. The fourth-order valence-corrected chi connectivity index (χ4v) is 7.07. The van der Waals surface area contributed by atoms with Gasteiger partial charge in [-0.1, -0.05) is 72.3 Å². The standard InChI is InChI=1S/C32H31N3O2/c1-3-37-32(36)27-25-14-9-19-34(25)31-24-13-8-7-12-23(24)26-29(28(27)31)33-35(22-10-5-4-6-11-22)30(26)21-17-15-20(2)16-18-21/h4-8,10-13,15-18,25,27-28,31H,3,9,14,19H2,1-2H3/t25?,27?,28-,31-/m0/s1. The second-order valence-corrected chi connectivity index (χ2v) is 10.5. The Morgan fingerprint density at radius 1 is 1.00 bits per heavy atom. The number of rotatable bonds is 4. The summed E-state index contributed by atoms with van der Waals surface area (Å²) in [6, 6.07) is 28.1. The van der Waals surface area contributed by atoms with Gasteiger partial charge < -0.3 is 4.74 Å². The molecule has 2 fully saturated rings. The molecule has 2 aliphatic heterocycles. The Morgan fingerprint density at radius 3 is 2.54 bits per heavy atom. The van der Waals surface area contributed by atoms with Crippen LogP contribution in [0.1, 0.15) is 48.5 Å². The maximum atomic E-state index is 13.6. The van der Waals surface area contributed by atoms with Crippen molar-refractivity contribution < 1.29 is 9.53 Å². The molecule has 4 atom stereocenters. The summed E-state index contributed by atoms with van der Waals surface area (Å²) >= 11 is 0. The van der Waals surface area contributed by atoms with Crippen LogP contribution in [0.4, 0.5) is 0 Å². The predicted molar refractivity (Wildman–Crippen MR) is 145 cm³/mol. The normalized spacial score (nSPS) is 23.7. The van der Waals surface area contributed by atoms with Gasteiger partial charge in [0.15, 0.2) is 0 Å². The van der Waals surface area contributed by atoms with Crippen molar-refractivity contribution >= 4 is 5.97 Å². The first-order chi connectivity index (χ1) is 18.2. The first-order valence-corrected chi connectivity index (χ1v) is 13.4. The second kappa shape index (κ2) is 8.70. The fraction of sp³-hybridized carbons (Fsp3) is 0.312. The van der Waals surface area contributed by atoms with E-state index in [1.807, 2.05) is 13.0 Å². The molecule has 3 aromatic carbocycles. The van der Waals surface area contributed by atoms with Crippen LogP contribution in [0.15, 0.2) is 78.9 Å². The van der Waals surface area contributed by atoms with E-state index in [9.17, 15) is 4.79 Å². The Morgan fingerprint density at radius 2 is 1.76 bits per heavy atom. The SMILES string of the molecule is CCOC(=O)C1C2CCCN2[C@H]2c3ccccc3-c3c(nn(-c4ccccc4)c3-c3ccc(C)cc3)[C@H]12. The van der Waals surface area contributed by atoms with E-state index in [0.29, 0.717) is 6.61 Å². The molecule has 186 valence electrons. The molecule has 37 heavy (non-hydrogen) atoms. The molecule has 1 aliphatic carbocycles. The van der Waals surface area contributed by atoms with E-state index < -0.39 is 0 Å². The minimum atomic E-state index is -0.218. The van der Waals surface area contributed by atoms with Gasteiger partial charge in [-0.2, -0.15) is 5.10 Å². The van der Waals surface area contributed by atoms with Crippen molar-refractivity contribution in [1.29, 1.82) is 0 Å². The number of hydrogen-bond acceptors (Lipinski definition) is 4. The summed E-state index contributed by atoms with van der Waals surface area (Å²) in [7, 11) is 0. The molecule has 4 aromatic rings. The number of carbonyl (C=O) groups is 1. The second-order valence-electron chi connectivity index (χ2n) is 10.5. The van der Waals surface area contributed by atoms with Crippen molar-refractivity contribution in [1.82, 2.24) is 14.7 Å². The van der Waals surface area contributed by atoms with Gasteiger partial charge in [0.1, 0.15) is 0 Å². The van der Waals surface area contributed by atoms with Gasteiger partial charge in [-0.3, -0.25) is 9.69 Å². The zero-order valence-corrected chi connectivity index (χ0v) is 21.3. The largest absolute Gasteiger partial charge is 0.466 e. The number of aromatic nitrogens is 2. The minimum absolute atomic E-state index is 0.0385. The van der Waals surface area contributed by atoms with Gasteiger partial charge in [0.25, 0.3) is 0 Å². The topological polar surface area (TPSA) is 47.4 Å². The van der Waals surface area contributed by atoms with Crippen molar-refractivity contribution in [2.75, 3.05) is 13.2 Å². The molecule has 0 amide bonds. The highest BCUT2D eigenvalue weighted by Crippen LogP contribution is 2.61. The molecule has 0 saturated carbocycles. The quantitative estimate of drug-likeness (QED) is 0.315. The van der Waals surface area contributed by atoms with Gasteiger partial charge in [0, 0.05) is 29.1 Å². The van der Waals surface area contributed by atoms with Gasteiger partial charge in [0.05, 0.1) is 29.6 Å². The third kappa shape index (κ3) is 3.33. The number of esters is 1. The smallest absolute Gasteiger partial charge is 0.311 e. The van der Waals surface area contributed by atoms with Gasteiger partial charge in [0.2, 0.25) is 0 Å². The highest BCUT2D eigenvalue weighted by Gasteiger charge is 2.58. The molecule has 3 aliphatic rings. The summed E-state index contributed by atoms with van der Waals surface area (Å²) in [5.74, 6) is -0.337. The van der Waals surface area contributed by atoms with E-state index >= 15 is 0 Å². The third-order valence-corrected chi connectivity index (χ3v) is 8.50. The van der Waals surface area contributed by atoms with Crippen LogP contribution in [-0.4, -0.2) is 39.8 Å². The van der Waals surface area contributed by atoms with Gasteiger partial charge >= 0.3 is 5.97 Å². The van der Waals surface area contributed by atoms with E-state index in [4.69, 9.17) is 9.84 Å². The number of benzene rings is 3. The lowest BCUT2D eigenvalue weighted by Crippen LogP contribution is -2.32. The van der Waals surface area contributed by atoms with Gasteiger partial charge in [-0.15, -0.1) is 0 Å². The molecule has 7 rings (SSSR count). The zero-order valence-electron chi connectivity index (χ0n) is 21.3. The summed E-state index contributed by atoms with van der Waals surface area (Å²) in [5, 5.41) is 5.36. The van der Waals surface area contributed by atoms with Gasteiger partial charge in [-0.25, -0.2) is 4.68 Å². The number of para-hydroxylation sites is 1. The van der Waals surface area contributed by atoms with Crippen LogP contribution in [0.5, 0.6) is 0 Å². The first-order valence-electron chi connectivity index (χ1n) is 13.4. The average Bonchev–Trinajstić information content (AvgIpc) is 3.62. The van der Waals surface area contributed by atoms with Crippen LogP contribution >= 0.6 is 0 Å². The van der Waals surface area contributed by atoms with Crippen LogP contribution in [0, 0.1) is 12.8 Å². The maximum Gasteiger partial charge on any atom is 0.311 e. The number of nitrogens with zero attached hydrogens (tertiary/aromatic N) is 3. The van der Waals surface area contributed by atoms with Crippen molar-refractivity contribution in [3.8, 4) is 28.1 Å². The lowest BCUT2D eigenvalue weighted by atomic mass is 9.73. The van der Waals surface area contributed by atoms with Crippen molar-refractivity contribution in [2.24, 2.45) is 5.92 Å². The van der Waals surface area contributed by atoms with Crippen LogP contribution in [-0.2, 0) is 9.53 Å². The van der Waals surface area contributed by atoms with Crippen molar-refractivity contribution in [3.63, 3.8) is 0 Å². The van der Waals surface area contributed by atoms with Crippen LogP contribution in [0.2, 0.25) is 0 Å². The van der Waals surface area contributed by atoms with E-state index in [0.717, 1.165) is 47.6 Å². The van der Waals surface area contributed by atoms with E-state index in [1.165, 1.54) is 16.7 Å². The van der Waals surface area contributed by atoms with Crippen LogP contribution in [0.25, 0.3) is 28.1 Å². The predicted octanol–water partition coefficient (Wildman–Crippen LogP) is 6.31. The molecule has 2 unspecified atom stereocenters. The molecular formula is C32H31N3O2. The third-order valence-electron chi connectivity index (χ3n) is 8.50. The lowest BCUT2D eigenvalue weighted by molar-refractivity contribution is -0.149. The van der Waals surface area contributed by atoms with Crippen molar-refractivity contribution in [3.05, 3.63) is 95.7 Å². The Bertz CT molecular complexity index is 1470. The summed E-state index contributed by atoms with van der Waals surface area (Å²) < 4.78 is 7.80. The Hall–Kier alpha value is -3.70. The first kappa shape index (κ1) is 22.5. The summed E-state index contributed by atoms with van der Waals surface area (Å²) in [6.07, 6.45) is 2.14. The fourth-order valence-electron chi connectivity index (χ4n) is 7.07. The Balaban J connectivity index is 1.54. The number of aryl methyl sites for hydroxylation is 1. The van der Waals surface area contributed by atoms with E-state index in [2.05, 4.69) is 89.3 Å². The zero-order chi connectivity index (χ0) is 25.1. The summed E-state index contributed by atoms with van der Waals surface area (Å²) in [6.45, 7) is 5.42. The molecule has 0 bridgehead atoms. The molecule has 2 saturated heterocycles. The average molecular weight is 490 g/mol. The molecule has 5 heteroatoms. The molecule has 1 aromatic heterocycles. The van der Waals surface area contributed by atoms with E-state index in [1.54, 1.807) is 0 Å². The highest BCUT2D eigenvalue weighted by molar-refractivity contribution is 5.89. The van der Waals surface area contributed by atoms with Gasteiger partial charge in [-0.05, 0) is 56.5 Å². The minimum Gasteiger partial charge on any atom is -0.466 e. The highest BCUT2D eigenvalue weighted by atomic mass is 16.5. The van der Waals surface area contributed by atoms with Crippen molar-refractivity contribution in [2.45, 2.75) is 44.7 Å². The number of ether oxygens (including phenoxy) is 1. The molecule has 5 nitrogen and oxygen atoms in total. The number of carbonyl (C=O) groups excluding carboxylic acids is 1. The Labute approximate surface area is 217 Å². The van der Waals surface area contributed by atoms with Crippen LogP contribution in [0.3, 0.4) is 0 Å². The summed E-state index contributed by atoms with van der Waals surface area (Å²) in [4.78, 5) is 16.1. The molecule has 0 N–H and O–H groups in total. The number of hydrogen-bond donors (Lipinski definition) is 0. The monoisotopic (exact) mass is 489 g/mol. The molecular weight excluding hydrogens is 458 g/mol. The van der Waals surface area contributed by atoms with E-state index in [-0.39, 0.29) is 29.9 Å². The van der Waals surface area contributed by atoms with Crippen LogP contribution < -0.4 is 0 Å². The molecule has 0 radical (unpaired) electrons. The molecule has 0 spiro atoms. The Kier molecular flexibility index (Phi) is 5.29. The number of fused-ring (bicyclic) bond motifs is 8. The molecule has 3 heterocycles. The summed E-state index contributed by atoms with van der Waals surface area (Å²) in [5.41, 5.74) is 9.17.